The Kier molecular flexibility index (Phi) is 12.0. The summed E-state index contributed by atoms with van der Waals surface area (Å²) in [4.78, 5) is 22.2. The highest BCUT2D eigenvalue weighted by molar-refractivity contribution is 14.0. The molecule has 1 aromatic rings. The predicted molar refractivity (Wildman–Crippen MR) is 121 cm³/mol. The first kappa shape index (κ1) is 25.4. The number of amides is 1. The van der Waals surface area contributed by atoms with Crippen molar-refractivity contribution in [2.45, 2.75) is 52.2 Å². The van der Waals surface area contributed by atoms with Crippen molar-refractivity contribution in [2.24, 2.45) is 4.99 Å². The number of pyridine rings is 1. The number of hydrogen-bond acceptors (Lipinski definition) is 4. The van der Waals surface area contributed by atoms with E-state index >= 15 is 0 Å². The van der Waals surface area contributed by atoms with Crippen LogP contribution in [0.5, 0.6) is 0 Å². The molecule has 0 spiro atoms. The molecule has 0 aliphatic heterocycles. The molecule has 2 N–H and O–H groups in total. The second kappa shape index (κ2) is 12.7. The van der Waals surface area contributed by atoms with Gasteiger partial charge in [0.05, 0.1) is 0 Å². The molecule has 27 heavy (non-hydrogen) atoms. The minimum atomic E-state index is -0.483. The van der Waals surface area contributed by atoms with Gasteiger partial charge in [0.1, 0.15) is 5.60 Å². The van der Waals surface area contributed by atoms with E-state index in [4.69, 9.17) is 4.74 Å². The molecule has 1 unspecified atom stereocenters. The zero-order valence-corrected chi connectivity index (χ0v) is 19.6. The van der Waals surface area contributed by atoms with E-state index in [0.29, 0.717) is 6.54 Å². The zero-order valence-electron chi connectivity index (χ0n) is 17.3. The van der Waals surface area contributed by atoms with Gasteiger partial charge < -0.3 is 20.3 Å². The molecule has 1 amide bonds. The van der Waals surface area contributed by atoms with Crippen molar-refractivity contribution in [2.75, 3.05) is 27.2 Å². The number of aromatic nitrogens is 1. The van der Waals surface area contributed by atoms with E-state index in [1.54, 1.807) is 25.2 Å². The van der Waals surface area contributed by atoms with Gasteiger partial charge >= 0.3 is 6.09 Å². The summed E-state index contributed by atoms with van der Waals surface area (Å²) >= 11 is 0. The van der Waals surface area contributed by atoms with E-state index in [1.165, 1.54) is 0 Å². The number of aliphatic imine (C=N–C) groups is 1. The van der Waals surface area contributed by atoms with Crippen LogP contribution >= 0.6 is 24.0 Å². The Morgan fingerprint density at radius 3 is 2.52 bits per heavy atom. The highest BCUT2D eigenvalue weighted by atomic mass is 127. The van der Waals surface area contributed by atoms with Gasteiger partial charge in [-0.3, -0.25) is 9.98 Å². The number of carbonyl (C=O) groups excluding carboxylic acids is 1. The lowest BCUT2D eigenvalue weighted by Crippen LogP contribution is -2.43. The molecule has 8 heteroatoms. The van der Waals surface area contributed by atoms with E-state index in [0.717, 1.165) is 31.0 Å². The molecule has 0 fully saturated rings. The summed E-state index contributed by atoms with van der Waals surface area (Å²) in [6.07, 6.45) is 3.11. The quantitative estimate of drug-likeness (QED) is 0.348. The molecular weight excluding hydrogens is 457 g/mol. The van der Waals surface area contributed by atoms with Crippen molar-refractivity contribution in [3.05, 3.63) is 30.1 Å². The Hall–Kier alpha value is -1.58. The number of rotatable bonds is 7. The van der Waals surface area contributed by atoms with Gasteiger partial charge in [-0.25, -0.2) is 4.79 Å². The molecule has 1 aromatic heterocycles. The summed E-state index contributed by atoms with van der Waals surface area (Å²) in [5, 5.41) is 6.54. The highest BCUT2D eigenvalue weighted by Crippen LogP contribution is 2.11. The maximum absolute atomic E-state index is 12.1. The second-order valence-electron chi connectivity index (χ2n) is 7.23. The third-order valence-electron chi connectivity index (χ3n) is 3.82. The zero-order chi connectivity index (χ0) is 19.6. The molecule has 0 saturated carbocycles. The van der Waals surface area contributed by atoms with Gasteiger partial charge in [-0.15, -0.1) is 24.0 Å². The Morgan fingerprint density at radius 1 is 1.30 bits per heavy atom. The average molecular weight is 491 g/mol. The Balaban J connectivity index is 0.00000676. The minimum absolute atomic E-state index is 0. The molecule has 0 saturated heterocycles. The van der Waals surface area contributed by atoms with Crippen LogP contribution in [0.4, 0.5) is 4.79 Å². The van der Waals surface area contributed by atoms with Crippen LogP contribution in [-0.4, -0.2) is 60.8 Å². The largest absolute Gasteiger partial charge is 0.444 e. The smallest absolute Gasteiger partial charge is 0.410 e. The number of nitrogens with zero attached hydrogens (tertiary/aromatic N) is 3. The fraction of sp³-hybridized carbons (Fsp3) is 0.632. The van der Waals surface area contributed by atoms with Crippen LogP contribution in [0, 0.1) is 0 Å². The summed E-state index contributed by atoms with van der Waals surface area (Å²) in [5.74, 6) is 0.744. The first-order valence-corrected chi connectivity index (χ1v) is 9.03. The van der Waals surface area contributed by atoms with Crippen LogP contribution in [0.15, 0.2) is 29.4 Å². The highest BCUT2D eigenvalue weighted by Gasteiger charge is 2.22. The Bertz CT molecular complexity index is 575. The topological polar surface area (TPSA) is 78.9 Å². The molecule has 0 aliphatic rings. The Morgan fingerprint density at radius 2 is 1.96 bits per heavy atom. The number of ether oxygens (including phenoxy) is 1. The number of halogens is 1. The molecule has 0 radical (unpaired) electrons. The van der Waals surface area contributed by atoms with Crippen molar-refractivity contribution >= 4 is 36.0 Å². The lowest BCUT2D eigenvalue weighted by molar-refractivity contribution is 0.0230. The molecular formula is C19H34IN5O2. The number of carbonyl (C=O) groups is 1. The van der Waals surface area contributed by atoms with Crippen LogP contribution < -0.4 is 10.6 Å². The lowest BCUT2D eigenvalue weighted by Gasteiger charge is -2.28. The van der Waals surface area contributed by atoms with E-state index in [1.807, 2.05) is 45.9 Å². The summed E-state index contributed by atoms with van der Waals surface area (Å²) in [6, 6.07) is 5.96. The molecule has 1 atom stereocenters. The molecule has 0 aromatic carbocycles. The fourth-order valence-corrected chi connectivity index (χ4v) is 2.18. The molecule has 0 bridgehead atoms. The van der Waals surface area contributed by atoms with Crippen molar-refractivity contribution in [1.82, 2.24) is 20.5 Å². The number of nitrogens with one attached hydrogen (secondary N) is 2. The van der Waals surface area contributed by atoms with Crippen molar-refractivity contribution in [3.63, 3.8) is 0 Å². The number of guanidine groups is 1. The van der Waals surface area contributed by atoms with E-state index < -0.39 is 5.60 Å². The van der Waals surface area contributed by atoms with Gasteiger partial charge in [0.2, 0.25) is 0 Å². The summed E-state index contributed by atoms with van der Waals surface area (Å²) in [7, 11) is 3.50. The Labute approximate surface area is 180 Å². The molecule has 0 aliphatic carbocycles. The van der Waals surface area contributed by atoms with Gasteiger partial charge in [-0.2, -0.15) is 0 Å². The van der Waals surface area contributed by atoms with Crippen LogP contribution in [0.1, 0.15) is 39.8 Å². The van der Waals surface area contributed by atoms with Gasteiger partial charge in [-0.05, 0) is 46.2 Å². The van der Waals surface area contributed by atoms with Crippen molar-refractivity contribution < 1.29 is 9.53 Å². The maximum Gasteiger partial charge on any atom is 0.410 e. The summed E-state index contributed by atoms with van der Waals surface area (Å²) in [5.41, 5.74) is 0.561. The summed E-state index contributed by atoms with van der Waals surface area (Å²) in [6.45, 7) is 9.06. The van der Waals surface area contributed by atoms with E-state index in [-0.39, 0.29) is 36.1 Å². The molecule has 1 heterocycles. The second-order valence-corrected chi connectivity index (χ2v) is 7.23. The number of hydrogen-bond donors (Lipinski definition) is 2. The first-order valence-electron chi connectivity index (χ1n) is 9.03. The molecule has 1 rings (SSSR count). The third-order valence-corrected chi connectivity index (χ3v) is 3.82. The summed E-state index contributed by atoms with van der Waals surface area (Å²) < 4.78 is 5.39. The van der Waals surface area contributed by atoms with Crippen LogP contribution in [0.3, 0.4) is 0 Å². The monoisotopic (exact) mass is 491 g/mol. The van der Waals surface area contributed by atoms with E-state index in [9.17, 15) is 4.79 Å². The van der Waals surface area contributed by atoms with Crippen molar-refractivity contribution in [1.29, 1.82) is 0 Å². The van der Waals surface area contributed by atoms with Gasteiger partial charge in [-0.1, -0.05) is 6.07 Å². The van der Waals surface area contributed by atoms with Crippen LogP contribution in [-0.2, 0) is 11.2 Å². The normalized spacial score (nSPS) is 12.6. The molecule has 154 valence electrons. The van der Waals surface area contributed by atoms with E-state index in [2.05, 4.69) is 20.6 Å². The molecule has 7 nitrogen and oxygen atoms in total. The SMILES string of the molecule is CN=C(NCCc1ccccn1)NCCC(C)N(C)C(=O)OC(C)(C)C.I. The first-order chi connectivity index (χ1) is 12.2. The fourth-order valence-electron chi connectivity index (χ4n) is 2.18. The minimum Gasteiger partial charge on any atom is -0.444 e. The average Bonchev–Trinajstić information content (AvgIpc) is 2.59. The van der Waals surface area contributed by atoms with Gasteiger partial charge in [0.25, 0.3) is 0 Å². The maximum atomic E-state index is 12.1. The van der Waals surface area contributed by atoms with Crippen molar-refractivity contribution in [3.8, 4) is 0 Å². The predicted octanol–water partition coefficient (Wildman–Crippen LogP) is 3.05. The third kappa shape index (κ3) is 11.0. The standard InChI is InChI=1S/C19H33N5O2.HI/c1-15(24(6)18(25)26-19(2,3)4)10-13-22-17(20-5)23-14-11-16-9-7-8-12-21-16;/h7-9,12,15H,10-11,13-14H2,1-6H3,(H2,20,22,23);1H. The lowest BCUT2D eigenvalue weighted by atomic mass is 10.2. The van der Waals surface area contributed by atoms with Crippen LogP contribution in [0.2, 0.25) is 0 Å². The van der Waals surface area contributed by atoms with Gasteiger partial charge in [0.15, 0.2) is 5.96 Å². The van der Waals surface area contributed by atoms with Gasteiger partial charge in [0, 0.05) is 51.5 Å². The van der Waals surface area contributed by atoms with Crippen LogP contribution in [0.25, 0.3) is 0 Å².